The van der Waals surface area contributed by atoms with Crippen molar-refractivity contribution < 1.29 is 19.1 Å². The number of ether oxygens (including phenoxy) is 2. The Kier molecular flexibility index (Phi) is 8.02. The van der Waals surface area contributed by atoms with Crippen molar-refractivity contribution in [3.05, 3.63) is 82.7 Å². The van der Waals surface area contributed by atoms with Gasteiger partial charge in [0, 0.05) is 62.5 Å². The molecule has 2 aromatic carbocycles. The van der Waals surface area contributed by atoms with E-state index in [2.05, 4.69) is 25.5 Å². The molecule has 2 aliphatic rings. The van der Waals surface area contributed by atoms with Crippen LogP contribution in [0.25, 0.3) is 27.7 Å². The Morgan fingerprint density at radius 1 is 1.05 bits per heavy atom. The van der Waals surface area contributed by atoms with Crippen molar-refractivity contribution in [1.82, 2.24) is 24.8 Å². The quantitative estimate of drug-likeness (QED) is 0.286. The van der Waals surface area contributed by atoms with E-state index in [-0.39, 0.29) is 18.1 Å². The standard InChI is InChI=1S/C32H34N6O5/c1-3-43-30(40)24-14-23(17-34-18-24)21-5-7-26-28(15-21)35-20-38(29(26)39)25-6-4-22(19-42-2)27(16-25)36-31(41)32(8-9-32)37-12-10-33-11-13-37/h4-7,14-18,20,33H,3,8-13,19H2,1-2H3,(H,36,41). The second-order valence-corrected chi connectivity index (χ2v) is 10.8. The lowest BCUT2D eigenvalue weighted by Crippen LogP contribution is -2.54. The predicted molar refractivity (Wildman–Crippen MR) is 162 cm³/mol. The number of fused-ring (bicyclic) bond motifs is 1. The number of carbonyl (C=O) groups is 2. The Morgan fingerprint density at radius 3 is 2.60 bits per heavy atom. The number of carbonyl (C=O) groups excluding carboxylic acids is 2. The van der Waals surface area contributed by atoms with Gasteiger partial charge in [0.1, 0.15) is 11.9 Å². The average Bonchev–Trinajstić information content (AvgIpc) is 3.85. The summed E-state index contributed by atoms with van der Waals surface area (Å²) >= 11 is 0. The number of amides is 1. The van der Waals surface area contributed by atoms with Gasteiger partial charge in [-0.3, -0.25) is 24.0 Å². The van der Waals surface area contributed by atoms with Crippen LogP contribution in [0.3, 0.4) is 0 Å². The average molecular weight is 583 g/mol. The molecule has 1 saturated heterocycles. The number of esters is 1. The largest absolute Gasteiger partial charge is 0.462 e. The zero-order valence-electron chi connectivity index (χ0n) is 24.3. The van der Waals surface area contributed by atoms with Crippen molar-refractivity contribution in [2.24, 2.45) is 0 Å². The van der Waals surface area contributed by atoms with Crippen LogP contribution in [0.15, 0.2) is 66.0 Å². The van der Waals surface area contributed by atoms with Crippen molar-refractivity contribution >= 4 is 28.5 Å². The fraction of sp³-hybridized carbons (Fsp3) is 0.344. The van der Waals surface area contributed by atoms with Crippen LogP contribution in [0, 0.1) is 0 Å². The molecule has 1 aliphatic carbocycles. The zero-order valence-corrected chi connectivity index (χ0v) is 24.3. The summed E-state index contributed by atoms with van der Waals surface area (Å²) in [4.78, 5) is 50.4. The van der Waals surface area contributed by atoms with Gasteiger partial charge in [0.05, 0.1) is 35.4 Å². The van der Waals surface area contributed by atoms with Gasteiger partial charge >= 0.3 is 5.97 Å². The van der Waals surface area contributed by atoms with Crippen LogP contribution in [0.5, 0.6) is 0 Å². The van der Waals surface area contributed by atoms with Gasteiger partial charge in [-0.25, -0.2) is 9.78 Å². The van der Waals surface area contributed by atoms with Gasteiger partial charge in [-0.1, -0.05) is 12.1 Å². The molecule has 0 unspecified atom stereocenters. The van der Waals surface area contributed by atoms with Crippen LogP contribution < -0.4 is 16.2 Å². The molecule has 0 spiro atoms. The lowest BCUT2D eigenvalue weighted by molar-refractivity contribution is -0.123. The molecule has 1 aliphatic heterocycles. The first-order valence-electron chi connectivity index (χ1n) is 14.5. The molecule has 1 amide bonds. The number of methoxy groups -OCH3 is 1. The highest BCUT2D eigenvalue weighted by Gasteiger charge is 2.54. The number of benzene rings is 2. The molecule has 1 saturated carbocycles. The van der Waals surface area contributed by atoms with Crippen LogP contribution in [-0.2, 0) is 20.9 Å². The minimum Gasteiger partial charge on any atom is -0.462 e. The second kappa shape index (κ2) is 12.0. The highest BCUT2D eigenvalue weighted by atomic mass is 16.5. The third-order valence-corrected chi connectivity index (χ3v) is 8.13. The van der Waals surface area contributed by atoms with Gasteiger partial charge in [0.2, 0.25) is 5.91 Å². The minimum absolute atomic E-state index is 0.0260. The molecular weight excluding hydrogens is 548 g/mol. The smallest absolute Gasteiger partial charge is 0.339 e. The summed E-state index contributed by atoms with van der Waals surface area (Å²) in [6, 6.07) is 12.5. The maximum Gasteiger partial charge on any atom is 0.339 e. The Morgan fingerprint density at radius 2 is 1.86 bits per heavy atom. The number of hydrogen-bond donors (Lipinski definition) is 2. The highest BCUT2D eigenvalue weighted by Crippen LogP contribution is 2.43. The van der Waals surface area contributed by atoms with E-state index in [1.165, 1.54) is 17.1 Å². The molecular formula is C32H34N6O5. The third kappa shape index (κ3) is 5.66. The highest BCUT2D eigenvalue weighted by molar-refractivity contribution is 6.01. The maximum atomic E-state index is 13.6. The van der Waals surface area contributed by atoms with E-state index in [9.17, 15) is 14.4 Å². The SMILES string of the molecule is CCOC(=O)c1cncc(-c2ccc3c(=O)n(-c4ccc(COC)c(NC(=O)C5(N6CCNCC6)CC5)c4)cnc3c2)c1. The number of pyridine rings is 1. The van der Waals surface area contributed by atoms with E-state index < -0.39 is 11.5 Å². The van der Waals surface area contributed by atoms with E-state index in [1.54, 1.807) is 50.6 Å². The normalized spacial score (nSPS) is 16.1. The van der Waals surface area contributed by atoms with Gasteiger partial charge < -0.3 is 20.1 Å². The van der Waals surface area contributed by atoms with Gasteiger partial charge in [0.15, 0.2) is 0 Å². The van der Waals surface area contributed by atoms with E-state index in [1.807, 2.05) is 12.1 Å². The topological polar surface area (TPSA) is 128 Å². The summed E-state index contributed by atoms with van der Waals surface area (Å²) in [7, 11) is 1.61. The molecule has 0 atom stereocenters. The Labute approximate surface area is 248 Å². The number of nitrogens with one attached hydrogen (secondary N) is 2. The summed E-state index contributed by atoms with van der Waals surface area (Å²) in [6.07, 6.45) is 6.26. The fourth-order valence-corrected chi connectivity index (χ4v) is 5.66. The van der Waals surface area contributed by atoms with Crippen LogP contribution in [-0.4, -0.2) is 76.7 Å². The molecule has 6 rings (SSSR count). The maximum absolute atomic E-state index is 13.6. The van der Waals surface area contributed by atoms with Gasteiger partial charge in [-0.2, -0.15) is 0 Å². The molecule has 4 aromatic rings. The molecule has 11 nitrogen and oxygen atoms in total. The predicted octanol–water partition coefficient (Wildman–Crippen LogP) is 3.15. The second-order valence-electron chi connectivity index (χ2n) is 10.8. The summed E-state index contributed by atoms with van der Waals surface area (Å²) in [6.45, 7) is 5.76. The van der Waals surface area contributed by atoms with Crippen LogP contribution in [0.1, 0.15) is 35.7 Å². The first-order chi connectivity index (χ1) is 20.9. The number of rotatable bonds is 9. The Hall–Kier alpha value is -4.45. The van der Waals surface area contributed by atoms with E-state index >= 15 is 0 Å². The fourth-order valence-electron chi connectivity index (χ4n) is 5.66. The molecule has 11 heteroatoms. The molecule has 2 fully saturated rings. The number of nitrogens with zero attached hydrogens (tertiary/aromatic N) is 4. The Bertz CT molecular complexity index is 1740. The number of piperazine rings is 1. The molecule has 2 aromatic heterocycles. The van der Waals surface area contributed by atoms with E-state index in [0.29, 0.717) is 40.0 Å². The van der Waals surface area contributed by atoms with Gasteiger partial charge in [-0.15, -0.1) is 0 Å². The Balaban J connectivity index is 1.30. The summed E-state index contributed by atoms with van der Waals surface area (Å²) in [5.74, 6) is -0.469. The van der Waals surface area contributed by atoms with Gasteiger partial charge in [-0.05, 0) is 55.7 Å². The summed E-state index contributed by atoms with van der Waals surface area (Å²) < 4.78 is 12.0. The van der Waals surface area contributed by atoms with E-state index in [4.69, 9.17) is 9.47 Å². The number of anilines is 1. The van der Waals surface area contributed by atoms with Crippen molar-refractivity contribution in [1.29, 1.82) is 0 Å². The molecule has 3 heterocycles. The third-order valence-electron chi connectivity index (χ3n) is 8.13. The number of aromatic nitrogens is 3. The molecule has 0 radical (unpaired) electrons. The van der Waals surface area contributed by atoms with Crippen molar-refractivity contribution in [3.63, 3.8) is 0 Å². The molecule has 2 N–H and O–H groups in total. The molecule has 43 heavy (non-hydrogen) atoms. The lowest BCUT2D eigenvalue weighted by Gasteiger charge is -2.34. The van der Waals surface area contributed by atoms with Crippen LogP contribution in [0.2, 0.25) is 0 Å². The number of hydrogen-bond acceptors (Lipinski definition) is 9. The monoisotopic (exact) mass is 582 g/mol. The first kappa shape index (κ1) is 28.7. The zero-order chi connectivity index (χ0) is 30.0. The first-order valence-corrected chi connectivity index (χ1v) is 14.5. The van der Waals surface area contributed by atoms with Crippen LogP contribution >= 0.6 is 0 Å². The van der Waals surface area contributed by atoms with Crippen molar-refractivity contribution in [2.75, 3.05) is 45.2 Å². The summed E-state index contributed by atoms with van der Waals surface area (Å²) in [5.41, 5.74) is 3.63. The van der Waals surface area contributed by atoms with Crippen LogP contribution in [0.4, 0.5) is 5.69 Å². The molecule has 222 valence electrons. The lowest BCUT2D eigenvalue weighted by atomic mass is 10.0. The molecule has 0 bridgehead atoms. The van der Waals surface area contributed by atoms with E-state index in [0.717, 1.165) is 50.1 Å². The van der Waals surface area contributed by atoms with Crippen molar-refractivity contribution in [3.8, 4) is 16.8 Å². The van der Waals surface area contributed by atoms with Crippen molar-refractivity contribution in [2.45, 2.75) is 31.9 Å². The summed E-state index contributed by atoms with van der Waals surface area (Å²) in [5, 5.41) is 6.93. The van der Waals surface area contributed by atoms with Gasteiger partial charge in [0.25, 0.3) is 5.56 Å². The minimum atomic E-state index is -0.479.